The molecule has 0 fully saturated rings. The van der Waals surface area contributed by atoms with Crippen LogP contribution in [0.15, 0.2) is 28.6 Å². The van der Waals surface area contributed by atoms with Crippen LogP contribution in [0.25, 0.3) is 0 Å². The highest BCUT2D eigenvalue weighted by Gasteiger charge is 2.44. The zero-order valence-corrected chi connectivity index (χ0v) is 15.4. The third-order valence-electron chi connectivity index (χ3n) is 5.92. The van der Waals surface area contributed by atoms with Crippen molar-refractivity contribution in [2.24, 2.45) is 11.1 Å². The molecule has 0 unspecified atom stereocenters. The number of carbonyl (C=O) groups is 1. The standard InChI is InChI=1S/C20H24N2O4/c1-11-19(21-24)18-14(5-4-6-15(18)23)22-8-7-12-9-16(25-2)17(26-3)10-13(12)20(11)22/h9-11,20,24H,4-8H2,1-3H3/b21-19+/t11-,20+/m0/s1. The lowest BCUT2D eigenvalue weighted by molar-refractivity contribution is -0.116. The number of carbonyl (C=O) groups excluding carboxylic acids is 1. The lowest BCUT2D eigenvalue weighted by atomic mass is 9.74. The highest BCUT2D eigenvalue weighted by Crippen LogP contribution is 2.48. The molecule has 2 heterocycles. The van der Waals surface area contributed by atoms with Gasteiger partial charge in [-0.2, -0.15) is 0 Å². The number of ether oxygens (including phenoxy) is 2. The van der Waals surface area contributed by atoms with E-state index in [2.05, 4.69) is 10.1 Å². The van der Waals surface area contributed by atoms with Crippen molar-refractivity contribution in [3.8, 4) is 11.5 Å². The predicted octanol–water partition coefficient (Wildman–Crippen LogP) is 3.09. The van der Waals surface area contributed by atoms with Gasteiger partial charge >= 0.3 is 0 Å². The largest absolute Gasteiger partial charge is 0.493 e. The number of oxime groups is 1. The van der Waals surface area contributed by atoms with Gasteiger partial charge in [0.1, 0.15) is 0 Å². The molecule has 0 bridgehead atoms. The first-order valence-electron chi connectivity index (χ1n) is 9.10. The Bertz CT molecular complexity index is 827. The number of nitrogens with zero attached hydrogens (tertiary/aromatic N) is 2. The smallest absolute Gasteiger partial charge is 0.166 e. The number of allylic oxidation sites excluding steroid dienone is 2. The third-order valence-corrected chi connectivity index (χ3v) is 5.92. The first-order chi connectivity index (χ1) is 12.6. The summed E-state index contributed by atoms with van der Waals surface area (Å²) < 4.78 is 11.0. The summed E-state index contributed by atoms with van der Waals surface area (Å²) in [6, 6.07) is 4.12. The lowest BCUT2D eigenvalue weighted by Gasteiger charge is -2.48. The summed E-state index contributed by atoms with van der Waals surface area (Å²) in [6.45, 7) is 2.88. The van der Waals surface area contributed by atoms with Crippen molar-refractivity contribution in [3.05, 3.63) is 34.5 Å². The van der Waals surface area contributed by atoms with Crippen LogP contribution in [0, 0.1) is 5.92 Å². The fourth-order valence-corrected chi connectivity index (χ4v) is 4.74. The molecule has 0 saturated carbocycles. The molecule has 1 aromatic rings. The summed E-state index contributed by atoms with van der Waals surface area (Å²) >= 11 is 0. The normalized spacial score (nSPS) is 26.3. The molecule has 6 nitrogen and oxygen atoms in total. The van der Waals surface area contributed by atoms with Crippen molar-refractivity contribution in [3.63, 3.8) is 0 Å². The number of Topliss-reactive ketones (excluding diaryl/α,β-unsaturated/α-hetero) is 1. The van der Waals surface area contributed by atoms with Gasteiger partial charge in [-0.25, -0.2) is 0 Å². The van der Waals surface area contributed by atoms with E-state index in [1.54, 1.807) is 14.2 Å². The van der Waals surface area contributed by atoms with E-state index in [1.165, 1.54) is 5.56 Å². The maximum Gasteiger partial charge on any atom is 0.166 e. The number of hydrogen-bond donors (Lipinski definition) is 1. The fourth-order valence-electron chi connectivity index (χ4n) is 4.74. The van der Waals surface area contributed by atoms with Gasteiger partial charge < -0.3 is 19.6 Å². The van der Waals surface area contributed by atoms with Crippen molar-refractivity contribution in [2.75, 3.05) is 20.8 Å². The minimum absolute atomic E-state index is 0.0362. The second-order valence-electron chi connectivity index (χ2n) is 7.17. The molecule has 2 aliphatic heterocycles. The number of hydrogen-bond acceptors (Lipinski definition) is 6. The van der Waals surface area contributed by atoms with Crippen molar-refractivity contribution >= 4 is 11.5 Å². The Labute approximate surface area is 153 Å². The molecule has 0 saturated heterocycles. The minimum atomic E-state index is -0.0852. The maximum atomic E-state index is 12.5. The van der Waals surface area contributed by atoms with Gasteiger partial charge in [-0.15, -0.1) is 0 Å². The molecule has 6 heteroatoms. The topological polar surface area (TPSA) is 71.4 Å². The Kier molecular flexibility index (Phi) is 4.13. The Morgan fingerprint density at radius 1 is 1.15 bits per heavy atom. The van der Waals surface area contributed by atoms with Crippen molar-refractivity contribution in [1.29, 1.82) is 0 Å². The Morgan fingerprint density at radius 3 is 2.58 bits per heavy atom. The summed E-state index contributed by atoms with van der Waals surface area (Å²) in [7, 11) is 3.28. The highest BCUT2D eigenvalue weighted by atomic mass is 16.5. The van der Waals surface area contributed by atoms with Crippen LogP contribution in [0.1, 0.15) is 43.4 Å². The second kappa shape index (κ2) is 6.34. The number of ketones is 1. The minimum Gasteiger partial charge on any atom is -0.493 e. The molecular formula is C20H24N2O4. The van der Waals surface area contributed by atoms with E-state index in [4.69, 9.17) is 9.47 Å². The second-order valence-corrected chi connectivity index (χ2v) is 7.17. The molecule has 0 spiro atoms. The Balaban J connectivity index is 1.89. The quantitative estimate of drug-likeness (QED) is 0.651. The third kappa shape index (κ3) is 2.31. The van der Waals surface area contributed by atoms with Crippen LogP contribution in [0.3, 0.4) is 0 Å². The van der Waals surface area contributed by atoms with Gasteiger partial charge in [0, 0.05) is 24.6 Å². The monoisotopic (exact) mass is 356 g/mol. The molecule has 1 aliphatic carbocycles. The predicted molar refractivity (Wildman–Crippen MR) is 97.0 cm³/mol. The molecular weight excluding hydrogens is 332 g/mol. The molecule has 0 radical (unpaired) electrons. The van der Waals surface area contributed by atoms with Gasteiger partial charge in [0.25, 0.3) is 0 Å². The molecule has 26 heavy (non-hydrogen) atoms. The zero-order chi connectivity index (χ0) is 18.4. The summed E-state index contributed by atoms with van der Waals surface area (Å²) in [5.74, 6) is 1.44. The molecule has 1 N–H and O–H groups in total. The van der Waals surface area contributed by atoms with Crippen LogP contribution < -0.4 is 9.47 Å². The van der Waals surface area contributed by atoms with Gasteiger partial charge in [0.2, 0.25) is 0 Å². The molecule has 1 aromatic carbocycles. The van der Waals surface area contributed by atoms with E-state index in [0.29, 0.717) is 23.5 Å². The summed E-state index contributed by atoms with van der Waals surface area (Å²) in [4.78, 5) is 14.9. The molecule has 0 amide bonds. The highest BCUT2D eigenvalue weighted by molar-refractivity contribution is 6.24. The van der Waals surface area contributed by atoms with Crippen LogP contribution >= 0.6 is 0 Å². The van der Waals surface area contributed by atoms with Crippen LogP contribution in [-0.2, 0) is 11.2 Å². The SMILES string of the molecule is COc1cc2c(cc1OC)[C@H]1[C@@H](C)/C(=N\O)C3=C(CCCC3=O)N1CC2. The van der Waals surface area contributed by atoms with Crippen LogP contribution in [-0.4, -0.2) is 42.4 Å². The first kappa shape index (κ1) is 16.9. The Morgan fingerprint density at radius 2 is 1.88 bits per heavy atom. The van der Waals surface area contributed by atoms with Gasteiger partial charge in [0.05, 0.1) is 31.5 Å². The fraction of sp³-hybridized carbons (Fsp3) is 0.500. The van der Waals surface area contributed by atoms with Crippen molar-refractivity contribution in [1.82, 2.24) is 4.90 Å². The molecule has 138 valence electrons. The van der Waals surface area contributed by atoms with E-state index in [9.17, 15) is 10.0 Å². The summed E-state index contributed by atoms with van der Waals surface area (Å²) in [6.07, 6.45) is 3.12. The number of benzene rings is 1. The van der Waals surface area contributed by atoms with Crippen LogP contribution in [0.2, 0.25) is 0 Å². The van der Waals surface area contributed by atoms with Crippen LogP contribution in [0.4, 0.5) is 0 Å². The van der Waals surface area contributed by atoms with Crippen molar-refractivity contribution in [2.45, 2.75) is 38.6 Å². The molecule has 4 rings (SSSR count). The lowest BCUT2D eigenvalue weighted by Crippen LogP contribution is -2.47. The Hall–Kier alpha value is -2.50. The van der Waals surface area contributed by atoms with E-state index in [1.807, 2.05) is 19.1 Å². The van der Waals surface area contributed by atoms with E-state index >= 15 is 0 Å². The number of methoxy groups -OCH3 is 2. The van der Waals surface area contributed by atoms with Gasteiger partial charge in [0.15, 0.2) is 17.3 Å². The van der Waals surface area contributed by atoms with Gasteiger partial charge in [-0.1, -0.05) is 12.1 Å². The number of fused-ring (bicyclic) bond motifs is 4. The van der Waals surface area contributed by atoms with Crippen molar-refractivity contribution < 1.29 is 19.5 Å². The summed E-state index contributed by atoms with van der Waals surface area (Å²) in [5.41, 5.74) is 4.59. The zero-order valence-electron chi connectivity index (χ0n) is 15.4. The van der Waals surface area contributed by atoms with E-state index < -0.39 is 0 Å². The molecule has 0 aromatic heterocycles. The number of rotatable bonds is 2. The summed E-state index contributed by atoms with van der Waals surface area (Å²) in [5, 5.41) is 13.2. The molecule has 2 atom stereocenters. The van der Waals surface area contributed by atoms with E-state index in [0.717, 1.165) is 42.8 Å². The van der Waals surface area contributed by atoms with Gasteiger partial charge in [-0.05, 0) is 42.5 Å². The van der Waals surface area contributed by atoms with E-state index in [-0.39, 0.29) is 17.7 Å². The average Bonchev–Trinajstić information content (AvgIpc) is 2.67. The van der Waals surface area contributed by atoms with Crippen LogP contribution in [0.5, 0.6) is 11.5 Å². The average molecular weight is 356 g/mol. The van der Waals surface area contributed by atoms with Gasteiger partial charge in [-0.3, -0.25) is 4.79 Å². The molecule has 3 aliphatic rings. The first-order valence-corrected chi connectivity index (χ1v) is 9.10. The maximum absolute atomic E-state index is 12.5.